The van der Waals surface area contributed by atoms with E-state index in [2.05, 4.69) is 36.4 Å². The molecule has 1 unspecified atom stereocenters. The largest absolute Gasteiger partial charge is 0.350 e. The molecule has 7 heteroatoms. The van der Waals surface area contributed by atoms with Crippen molar-refractivity contribution in [2.45, 2.75) is 25.8 Å². The molecule has 0 radical (unpaired) electrons. The molecule has 128 valence electrons. The van der Waals surface area contributed by atoms with E-state index in [9.17, 15) is 4.79 Å². The monoisotopic (exact) mass is 400 g/mol. The highest BCUT2D eigenvalue weighted by molar-refractivity contribution is 9.10. The Morgan fingerprint density at radius 3 is 2.76 bits per heavy atom. The zero-order valence-electron chi connectivity index (χ0n) is 13.6. The molecule has 0 aliphatic rings. The molecule has 0 saturated heterocycles. The van der Waals surface area contributed by atoms with Crippen LogP contribution in [0.2, 0.25) is 0 Å². The van der Waals surface area contributed by atoms with Crippen molar-refractivity contribution in [1.82, 2.24) is 20.4 Å². The van der Waals surface area contributed by atoms with Gasteiger partial charge in [0.05, 0.1) is 6.04 Å². The van der Waals surface area contributed by atoms with Gasteiger partial charge in [-0.1, -0.05) is 39.3 Å². The van der Waals surface area contributed by atoms with Crippen molar-refractivity contribution in [2.24, 2.45) is 0 Å². The zero-order valence-corrected chi connectivity index (χ0v) is 15.2. The lowest BCUT2D eigenvalue weighted by Gasteiger charge is -2.15. The predicted molar refractivity (Wildman–Crippen MR) is 96.5 cm³/mol. The maximum Gasteiger partial charge on any atom is 0.227 e. The van der Waals surface area contributed by atoms with E-state index in [0.29, 0.717) is 18.1 Å². The minimum Gasteiger partial charge on any atom is -0.350 e. The molecule has 1 aromatic carbocycles. The van der Waals surface area contributed by atoms with E-state index < -0.39 is 0 Å². The van der Waals surface area contributed by atoms with Crippen molar-refractivity contribution in [3.05, 3.63) is 64.7 Å². The third-order valence-electron chi connectivity index (χ3n) is 3.72. The van der Waals surface area contributed by atoms with Crippen LogP contribution in [0, 0.1) is 0 Å². The third-order valence-corrected chi connectivity index (χ3v) is 4.44. The quantitative estimate of drug-likeness (QED) is 0.681. The number of carbonyl (C=O) groups is 1. The number of amides is 1. The summed E-state index contributed by atoms with van der Waals surface area (Å²) in [7, 11) is 0. The topological polar surface area (TPSA) is 80.9 Å². The van der Waals surface area contributed by atoms with Gasteiger partial charge in [-0.2, -0.15) is 4.98 Å². The van der Waals surface area contributed by atoms with Crippen molar-refractivity contribution in [2.75, 3.05) is 0 Å². The number of pyridine rings is 1. The normalized spacial score (nSPS) is 11.9. The number of nitrogens with one attached hydrogen (secondary N) is 1. The van der Waals surface area contributed by atoms with Gasteiger partial charge < -0.3 is 9.84 Å². The number of aryl methyl sites for hydroxylation is 1. The van der Waals surface area contributed by atoms with Crippen LogP contribution in [0.15, 0.2) is 57.8 Å². The minimum absolute atomic E-state index is 0.0630. The molecule has 0 spiro atoms. The minimum atomic E-state index is -0.0851. The number of hydrogen-bond acceptors (Lipinski definition) is 5. The van der Waals surface area contributed by atoms with Crippen LogP contribution in [0.5, 0.6) is 0 Å². The smallest absolute Gasteiger partial charge is 0.227 e. The molecule has 25 heavy (non-hydrogen) atoms. The van der Waals surface area contributed by atoms with Crippen LogP contribution in [0.4, 0.5) is 0 Å². The Hall–Kier alpha value is -2.54. The van der Waals surface area contributed by atoms with Crippen molar-refractivity contribution in [1.29, 1.82) is 0 Å². The van der Waals surface area contributed by atoms with Crippen LogP contribution in [0.3, 0.4) is 0 Å². The lowest BCUT2D eigenvalue weighted by Crippen LogP contribution is -2.27. The van der Waals surface area contributed by atoms with Gasteiger partial charge in [-0.25, -0.2) is 0 Å². The van der Waals surface area contributed by atoms with Gasteiger partial charge in [-0.15, -0.1) is 0 Å². The highest BCUT2D eigenvalue weighted by Gasteiger charge is 2.14. The first-order valence-corrected chi connectivity index (χ1v) is 8.69. The van der Waals surface area contributed by atoms with Crippen LogP contribution in [-0.4, -0.2) is 21.0 Å². The molecule has 0 aliphatic heterocycles. The van der Waals surface area contributed by atoms with Crippen molar-refractivity contribution < 1.29 is 9.32 Å². The van der Waals surface area contributed by atoms with Crippen molar-refractivity contribution in [3.8, 4) is 11.4 Å². The van der Waals surface area contributed by atoms with E-state index in [4.69, 9.17) is 4.52 Å². The number of hydrogen-bond donors (Lipinski definition) is 1. The average molecular weight is 401 g/mol. The number of benzene rings is 1. The summed E-state index contributed by atoms with van der Waals surface area (Å²) in [5, 5.41) is 6.91. The predicted octanol–water partition coefficient (Wildman–Crippen LogP) is 3.70. The van der Waals surface area contributed by atoms with E-state index >= 15 is 0 Å². The van der Waals surface area contributed by atoms with Gasteiger partial charge in [0.1, 0.15) is 0 Å². The maximum absolute atomic E-state index is 12.2. The molecule has 3 aromatic rings. The lowest BCUT2D eigenvalue weighted by molar-refractivity contribution is -0.121. The van der Waals surface area contributed by atoms with Crippen LogP contribution in [0.1, 0.15) is 30.8 Å². The van der Waals surface area contributed by atoms with Crippen molar-refractivity contribution >= 4 is 21.8 Å². The molecular weight excluding hydrogens is 384 g/mol. The molecule has 0 aliphatic carbocycles. The molecule has 3 rings (SSSR count). The molecule has 1 amide bonds. The second-order valence-electron chi connectivity index (χ2n) is 5.56. The summed E-state index contributed by atoms with van der Waals surface area (Å²) in [5.74, 6) is 0.877. The average Bonchev–Trinajstić information content (AvgIpc) is 3.10. The van der Waals surface area contributed by atoms with E-state index in [-0.39, 0.29) is 18.4 Å². The Bertz CT molecular complexity index is 851. The van der Waals surface area contributed by atoms with E-state index in [1.54, 1.807) is 24.5 Å². The summed E-state index contributed by atoms with van der Waals surface area (Å²) < 4.78 is 6.18. The number of halogens is 1. The van der Waals surface area contributed by atoms with Gasteiger partial charge >= 0.3 is 0 Å². The highest BCUT2D eigenvalue weighted by Crippen LogP contribution is 2.22. The Labute approximate surface area is 153 Å². The van der Waals surface area contributed by atoms with Crippen LogP contribution >= 0.6 is 15.9 Å². The van der Waals surface area contributed by atoms with Crippen molar-refractivity contribution in [3.63, 3.8) is 0 Å². The van der Waals surface area contributed by atoms with Crippen LogP contribution in [-0.2, 0) is 11.2 Å². The fraction of sp³-hybridized carbons (Fsp3) is 0.222. The van der Waals surface area contributed by atoms with Gasteiger partial charge in [-0.05, 0) is 30.7 Å². The van der Waals surface area contributed by atoms with Gasteiger partial charge in [0.15, 0.2) is 0 Å². The first-order valence-electron chi connectivity index (χ1n) is 7.90. The molecule has 2 heterocycles. The Balaban J connectivity index is 1.54. The zero-order chi connectivity index (χ0) is 17.6. The second-order valence-corrected chi connectivity index (χ2v) is 6.41. The summed E-state index contributed by atoms with van der Waals surface area (Å²) in [6, 6.07) is 11.4. The highest BCUT2D eigenvalue weighted by atomic mass is 79.9. The van der Waals surface area contributed by atoms with Crippen LogP contribution < -0.4 is 5.32 Å². The molecule has 1 atom stereocenters. The fourth-order valence-electron chi connectivity index (χ4n) is 2.41. The lowest BCUT2D eigenvalue weighted by atomic mass is 10.1. The summed E-state index contributed by atoms with van der Waals surface area (Å²) in [4.78, 5) is 20.4. The van der Waals surface area contributed by atoms with E-state index in [1.807, 2.05) is 31.2 Å². The SMILES string of the molecule is CC(NC(=O)CCc1nc(-c2ccncc2)no1)c1ccccc1Br. The summed E-state index contributed by atoms with van der Waals surface area (Å²) >= 11 is 3.50. The molecular formula is C18H17BrN4O2. The summed E-state index contributed by atoms with van der Waals surface area (Å²) in [6.45, 7) is 1.95. The number of carbonyl (C=O) groups excluding carboxylic acids is 1. The maximum atomic E-state index is 12.2. The number of aromatic nitrogens is 3. The number of nitrogens with zero attached hydrogens (tertiary/aromatic N) is 3. The molecule has 6 nitrogen and oxygen atoms in total. The van der Waals surface area contributed by atoms with Gasteiger partial charge in [-0.3, -0.25) is 9.78 Å². The van der Waals surface area contributed by atoms with E-state index in [0.717, 1.165) is 15.6 Å². The van der Waals surface area contributed by atoms with Gasteiger partial charge in [0.2, 0.25) is 17.6 Å². The summed E-state index contributed by atoms with van der Waals surface area (Å²) in [5.41, 5.74) is 1.87. The molecule has 0 fully saturated rings. The summed E-state index contributed by atoms with van der Waals surface area (Å²) in [6.07, 6.45) is 4.02. The molecule has 0 bridgehead atoms. The molecule has 0 saturated carbocycles. The fourth-order valence-corrected chi connectivity index (χ4v) is 3.04. The van der Waals surface area contributed by atoms with E-state index in [1.165, 1.54) is 0 Å². The molecule has 1 N–H and O–H groups in total. The Morgan fingerprint density at radius 1 is 1.24 bits per heavy atom. The van der Waals surface area contributed by atoms with Crippen LogP contribution in [0.25, 0.3) is 11.4 Å². The Kier molecular flexibility index (Phi) is 5.55. The second kappa shape index (κ2) is 8.02. The Morgan fingerprint density at radius 2 is 2.00 bits per heavy atom. The standard InChI is InChI=1S/C18H17BrN4O2/c1-12(14-4-2-3-5-15(14)19)21-16(24)6-7-17-22-18(23-25-17)13-8-10-20-11-9-13/h2-5,8-12H,6-7H2,1H3,(H,21,24). The van der Waals surface area contributed by atoms with Gasteiger partial charge in [0.25, 0.3) is 0 Å². The number of rotatable bonds is 6. The first kappa shape index (κ1) is 17.3. The molecule has 2 aromatic heterocycles. The first-order chi connectivity index (χ1) is 12.1. The van der Waals surface area contributed by atoms with Gasteiger partial charge in [0, 0.05) is 35.3 Å². The third kappa shape index (κ3) is 4.51.